The van der Waals surface area contributed by atoms with Crippen molar-refractivity contribution in [3.63, 3.8) is 0 Å². The average Bonchev–Trinajstić information content (AvgIpc) is 3.26. The van der Waals surface area contributed by atoms with Crippen LogP contribution in [0.5, 0.6) is 5.75 Å². The van der Waals surface area contributed by atoms with Crippen LogP contribution in [0.4, 0.5) is 4.39 Å². The van der Waals surface area contributed by atoms with Gasteiger partial charge in [-0.25, -0.2) is 9.37 Å². The van der Waals surface area contributed by atoms with E-state index in [0.717, 1.165) is 0 Å². The number of amides is 1. The first-order chi connectivity index (χ1) is 15.1. The normalized spacial score (nSPS) is 13.8. The zero-order valence-corrected chi connectivity index (χ0v) is 17.8. The summed E-state index contributed by atoms with van der Waals surface area (Å²) in [6.07, 6.45) is 0.291. The topological polar surface area (TPSA) is 128 Å². The van der Waals surface area contributed by atoms with Gasteiger partial charge in [0.2, 0.25) is 0 Å². The summed E-state index contributed by atoms with van der Waals surface area (Å²) >= 11 is 0. The number of aryl methyl sites for hydroxylation is 1. The van der Waals surface area contributed by atoms with E-state index in [4.69, 9.17) is 10.5 Å². The Morgan fingerprint density at radius 1 is 1.41 bits per heavy atom. The third-order valence-corrected chi connectivity index (χ3v) is 5.02. The fourth-order valence-electron chi connectivity index (χ4n) is 3.56. The second-order valence-electron chi connectivity index (χ2n) is 7.95. The van der Waals surface area contributed by atoms with Gasteiger partial charge >= 0.3 is 0 Å². The molecule has 0 aliphatic carbocycles. The second kappa shape index (κ2) is 7.78. The van der Waals surface area contributed by atoms with E-state index in [1.54, 1.807) is 17.7 Å². The molecule has 4 rings (SSSR count). The number of nitrogens with zero attached hydrogens (tertiary/aromatic N) is 4. The highest BCUT2D eigenvalue weighted by atomic mass is 19.1. The van der Waals surface area contributed by atoms with Crippen LogP contribution in [0.2, 0.25) is 0 Å². The molecule has 3 heterocycles. The van der Waals surface area contributed by atoms with Gasteiger partial charge in [0.05, 0.1) is 29.1 Å². The maximum Gasteiger partial charge on any atom is 0.269 e. The van der Waals surface area contributed by atoms with Crippen LogP contribution >= 0.6 is 0 Å². The molecule has 1 unspecified atom stereocenters. The van der Waals surface area contributed by atoms with E-state index in [1.807, 2.05) is 0 Å². The number of aliphatic hydroxyl groups is 2. The van der Waals surface area contributed by atoms with Crippen LogP contribution in [0.3, 0.4) is 0 Å². The Morgan fingerprint density at radius 2 is 2.16 bits per heavy atom. The van der Waals surface area contributed by atoms with Crippen LogP contribution < -0.4 is 10.5 Å². The van der Waals surface area contributed by atoms with Gasteiger partial charge in [-0.05, 0) is 26.0 Å². The molecule has 1 amide bonds. The number of aliphatic hydroxyl groups excluding tert-OH is 1. The van der Waals surface area contributed by atoms with E-state index >= 15 is 0 Å². The standard InChI is InChI=1S/C22H22FN5O4/c1-22(2,31)6-4-12-10-13-16(11-14(12)23)32-9-8-28-18(17(20(24)30)26-21(13)28)19(29)15-5-7-25-27(15)3/h5,7,10-11,19,29,31H,8-9H2,1-3H3,(H2,24,30). The molecule has 4 N–H and O–H groups in total. The fraction of sp³-hybridized carbons (Fsp3) is 0.318. The molecule has 32 heavy (non-hydrogen) atoms. The van der Waals surface area contributed by atoms with Crippen LogP contribution in [0.1, 0.15) is 47.4 Å². The number of ether oxygens (including phenoxy) is 1. The Morgan fingerprint density at radius 3 is 2.78 bits per heavy atom. The molecule has 1 atom stereocenters. The van der Waals surface area contributed by atoms with Gasteiger partial charge in [-0.15, -0.1) is 0 Å². The summed E-state index contributed by atoms with van der Waals surface area (Å²) < 4.78 is 23.4. The molecular weight excluding hydrogens is 417 g/mol. The number of primary amides is 1. The van der Waals surface area contributed by atoms with Gasteiger partial charge in [0.15, 0.2) is 5.69 Å². The summed E-state index contributed by atoms with van der Waals surface area (Å²) in [5.74, 6) is 4.28. The molecule has 0 radical (unpaired) electrons. The van der Waals surface area contributed by atoms with Crippen molar-refractivity contribution < 1.29 is 24.1 Å². The smallest absolute Gasteiger partial charge is 0.269 e. The molecule has 2 aromatic heterocycles. The minimum atomic E-state index is -1.31. The number of carbonyl (C=O) groups is 1. The molecule has 3 aromatic rings. The average molecular weight is 439 g/mol. The number of carbonyl (C=O) groups excluding carboxylic acids is 1. The molecule has 0 spiro atoms. The number of nitrogens with two attached hydrogens (primary N) is 1. The maximum absolute atomic E-state index is 14.6. The van der Waals surface area contributed by atoms with Gasteiger partial charge in [0.25, 0.3) is 5.91 Å². The van der Waals surface area contributed by atoms with E-state index in [2.05, 4.69) is 21.9 Å². The lowest BCUT2D eigenvalue weighted by Crippen LogP contribution is -2.20. The Kier molecular flexibility index (Phi) is 5.24. The quantitative estimate of drug-likeness (QED) is 0.525. The highest BCUT2D eigenvalue weighted by Crippen LogP contribution is 2.37. The van der Waals surface area contributed by atoms with E-state index in [0.29, 0.717) is 11.3 Å². The van der Waals surface area contributed by atoms with Crippen LogP contribution in [-0.2, 0) is 13.6 Å². The lowest BCUT2D eigenvalue weighted by molar-refractivity contribution is 0.0989. The molecule has 0 bridgehead atoms. The Hall–Kier alpha value is -3.68. The number of benzene rings is 1. The van der Waals surface area contributed by atoms with Gasteiger partial charge in [-0.1, -0.05) is 11.8 Å². The first kappa shape index (κ1) is 21.5. The first-order valence-corrected chi connectivity index (χ1v) is 9.85. The molecule has 1 aliphatic heterocycles. The molecule has 1 aliphatic rings. The van der Waals surface area contributed by atoms with Crippen molar-refractivity contribution in [2.24, 2.45) is 12.8 Å². The fourth-order valence-corrected chi connectivity index (χ4v) is 3.56. The van der Waals surface area contributed by atoms with E-state index in [-0.39, 0.29) is 41.7 Å². The lowest BCUT2D eigenvalue weighted by atomic mass is 10.1. The molecule has 0 saturated carbocycles. The third-order valence-electron chi connectivity index (χ3n) is 5.02. The number of hydrogen-bond acceptors (Lipinski definition) is 6. The first-order valence-electron chi connectivity index (χ1n) is 9.85. The van der Waals surface area contributed by atoms with Gasteiger partial charge in [0.1, 0.15) is 35.7 Å². The molecule has 1 aromatic carbocycles. The summed E-state index contributed by atoms with van der Waals surface area (Å²) in [6.45, 7) is 3.36. The predicted molar refractivity (Wildman–Crippen MR) is 112 cm³/mol. The zero-order chi connectivity index (χ0) is 23.2. The Labute approximate surface area is 183 Å². The van der Waals surface area contributed by atoms with Crippen LogP contribution in [0.25, 0.3) is 11.4 Å². The number of rotatable bonds is 3. The van der Waals surface area contributed by atoms with Crippen LogP contribution in [0.15, 0.2) is 24.4 Å². The van der Waals surface area contributed by atoms with Gasteiger partial charge in [0, 0.05) is 19.3 Å². The van der Waals surface area contributed by atoms with Crippen LogP contribution in [0, 0.1) is 17.7 Å². The molecular formula is C22H22FN5O4. The summed E-state index contributed by atoms with van der Waals surface area (Å²) in [4.78, 5) is 16.6. The van der Waals surface area contributed by atoms with Gasteiger partial charge in [-0.2, -0.15) is 5.10 Å². The SMILES string of the molecule is Cn1nccc1C(O)c1c(C(N)=O)nc2n1CCOc1cc(F)c(C#CC(C)(C)O)cc1-2. The lowest BCUT2D eigenvalue weighted by Gasteiger charge is -2.15. The zero-order valence-electron chi connectivity index (χ0n) is 17.8. The number of halogens is 1. The van der Waals surface area contributed by atoms with Crippen molar-refractivity contribution >= 4 is 5.91 Å². The van der Waals surface area contributed by atoms with Crippen LogP contribution in [-0.4, -0.2) is 47.7 Å². The van der Waals surface area contributed by atoms with Crippen molar-refractivity contribution in [1.29, 1.82) is 0 Å². The number of hydrogen-bond donors (Lipinski definition) is 3. The summed E-state index contributed by atoms with van der Waals surface area (Å²) in [6, 6.07) is 4.25. The molecule has 166 valence electrons. The van der Waals surface area contributed by atoms with E-state index in [9.17, 15) is 19.4 Å². The van der Waals surface area contributed by atoms with E-state index in [1.165, 1.54) is 36.9 Å². The molecule has 10 heteroatoms. The number of fused-ring (bicyclic) bond motifs is 3. The molecule has 9 nitrogen and oxygen atoms in total. The van der Waals surface area contributed by atoms with E-state index < -0.39 is 23.4 Å². The monoisotopic (exact) mass is 439 g/mol. The highest BCUT2D eigenvalue weighted by Gasteiger charge is 2.31. The third kappa shape index (κ3) is 3.84. The second-order valence-corrected chi connectivity index (χ2v) is 7.95. The molecule has 0 saturated heterocycles. The Bertz CT molecular complexity index is 1280. The number of aromatic nitrogens is 4. The molecule has 0 fully saturated rings. The van der Waals surface area contributed by atoms with Crippen molar-refractivity contribution in [1.82, 2.24) is 19.3 Å². The van der Waals surface area contributed by atoms with Crippen molar-refractivity contribution in [2.75, 3.05) is 6.61 Å². The van der Waals surface area contributed by atoms with Crippen molar-refractivity contribution in [3.8, 4) is 29.0 Å². The maximum atomic E-state index is 14.6. The summed E-state index contributed by atoms with van der Waals surface area (Å²) in [5, 5.41) is 25.0. The van der Waals surface area contributed by atoms with Gasteiger partial charge < -0.3 is 25.3 Å². The predicted octanol–water partition coefficient (Wildman–Crippen LogP) is 1.12. The largest absolute Gasteiger partial charge is 0.491 e. The number of imidazole rings is 1. The Balaban J connectivity index is 1.93. The highest BCUT2D eigenvalue weighted by molar-refractivity contribution is 5.93. The van der Waals surface area contributed by atoms with Gasteiger partial charge in [-0.3, -0.25) is 9.48 Å². The summed E-state index contributed by atoms with van der Waals surface area (Å²) in [5.41, 5.74) is 5.21. The summed E-state index contributed by atoms with van der Waals surface area (Å²) in [7, 11) is 1.66. The van der Waals surface area contributed by atoms with Crippen molar-refractivity contribution in [2.45, 2.75) is 32.1 Å². The minimum Gasteiger partial charge on any atom is -0.491 e. The van der Waals surface area contributed by atoms with Crippen molar-refractivity contribution in [3.05, 3.63) is 52.9 Å². The minimum absolute atomic E-state index is 0.0280.